The van der Waals surface area contributed by atoms with Crippen molar-refractivity contribution in [2.24, 2.45) is 0 Å². The van der Waals surface area contributed by atoms with Crippen molar-refractivity contribution < 1.29 is 9.23 Å². The number of halogens is 1. The number of aromatic nitrogens is 3. The van der Waals surface area contributed by atoms with E-state index in [2.05, 4.69) is 21.6 Å². The molecular weight excluding hydrogens is 345 g/mol. The molecule has 2 aromatic heterocycles. The second-order valence-corrected chi connectivity index (χ2v) is 7.15. The van der Waals surface area contributed by atoms with Crippen LogP contribution in [0.4, 0.5) is 4.39 Å². The van der Waals surface area contributed by atoms with Gasteiger partial charge in [-0.05, 0) is 37.4 Å². The molecule has 27 heavy (non-hydrogen) atoms. The quantitative estimate of drug-likeness (QED) is 0.699. The van der Waals surface area contributed by atoms with E-state index in [-0.39, 0.29) is 5.82 Å². The Morgan fingerprint density at radius 3 is 2.67 bits per heavy atom. The van der Waals surface area contributed by atoms with Gasteiger partial charge in [-0.15, -0.1) is 5.06 Å². The zero-order valence-corrected chi connectivity index (χ0v) is 15.3. The molecule has 1 aromatic carbocycles. The minimum absolute atomic E-state index is 0.251. The third-order valence-electron chi connectivity index (χ3n) is 5.16. The number of rotatable bonds is 2. The number of benzene rings is 1. The molecule has 0 fully saturated rings. The van der Waals surface area contributed by atoms with E-state index < -0.39 is 0 Å². The first kappa shape index (κ1) is 16.4. The normalized spacial score (nSPS) is 16.9. The monoisotopic (exact) mass is 365 g/mol. The smallest absolute Gasteiger partial charge is 0.178 e. The van der Waals surface area contributed by atoms with Crippen LogP contribution in [-0.2, 0) is 19.6 Å². The van der Waals surface area contributed by atoms with Gasteiger partial charge in [0.25, 0.3) is 0 Å². The number of likely N-dealkylation sites (N-methyl/N-ethyl adjacent to an activating group) is 1. The van der Waals surface area contributed by atoms with Crippen LogP contribution in [-0.4, -0.2) is 45.4 Å². The summed E-state index contributed by atoms with van der Waals surface area (Å²) in [6, 6.07) is 8.50. The number of hydrogen-bond acceptors (Lipinski definition) is 5. The molecule has 7 heteroatoms. The molecule has 5 rings (SSSR count). The lowest BCUT2D eigenvalue weighted by Crippen LogP contribution is -2.30. The lowest BCUT2D eigenvalue weighted by atomic mass is 9.97. The highest BCUT2D eigenvalue weighted by molar-refractivity contribution is 5.86. The van der Waals surface area contributed by atoms with Gasteiger partial charge in [0.05, 0.1) is 18.8 Å². The lowest BCUT2D eigenvalue weighted by Gasteiger charge is -2.24. The summed E-state index contributed by atoms with van der Waals surface area (Å²) in [4.78, 5) is 12.7. The maximum absolute atomic E-state index is 13.5. The molecule has 0 spiro atoms. The largest absolute Gasteiger partial charge is 0.403 e. The van der Waals surface area contributed by atoms with E-state index in [0.29, 0.717) is 6.54 Å². The second-order valence-electron chi connectivity index (χ2n) is 7.15. The SMILES string of the molecule is CN1CCn2nc(-c3ccc(F)cc3)c(-c3ccnc4c3ON(C)C4)c2C1. The summed E-state index contributed by atoms with van der Waals surface area (Å²) >= 11 is 0. The van der Waals surface area contributed by atoms with E-state index >= 15 is 0 Å². The summed E-state index contributed by atoms with van der Waals surface area (Å²) in [5.41, 5.74) is 5.85. The zero-order valence-electron chi connectivity index (χ0n) is 15.3. The Hall–Kier alpha value is -2.77. The van der Waals surface area contributed by atoms with Crippen molar-refractivity contribution in [1.82, 2.24) is 24.7 Å². The van der Waals surface area contributed by atoms with Gasteiger partial charge in [-0.3, -0.25) is 14.6 Å². The van der Waals surface area contributed by atoms with Crippen molar-refractivity contribution in [1.29, 1.82) is 0 Å². The van der Waals surface area contributed by atoms with E-state index in [4.69, 9.17) is 9.94 Å². The number of fused-ring (bicyclic) bond motifs is 2. The van der Waals surface area contributed by atoms with E-state index in [9.17, 15) is 4.39 Å². The Balaban J connectivity index is 1.75. The average Bonchev–Trinajstić information content (AvgIpc) is 3.21. The molecule has 3 aromatic rings. The van der Waals surface area contributed by atoms with Gasteiger partial charge in [-0.1, -0.05) is 0 Å². The third-order valence-corrected chi connectivity index (χ3v) is 5.16. The number of hydroxylamine groups is 2. The van der Waals surface area contributed by atoms with Crippen molar-refractivity contribution in [3.8, 4) is 28.1 Å². The molecule has 2 aliphatic heterocycles. The van der Waals surface area contributed by atoms with Crippen molar-refractivity contribution in [3.63, 3.8) is 0 Å². The van der Waals surface area contributed by atoms with Gasteiger partial charge in [0.1, 0.15) is 17.2 Å². The molecule has 0 radical (unpaired) electrons. The molecule has 0 N–H and O–H groups in total. The summed E-state index contributed by atoms with van der Waals surface area (Å²) in [6.07, 6.45) is 1.82. The highest BCUT2D eigenvalue weighted by Gasteiger charge is 2.30. The number of pyridine rings is 1. The van der Waals surface area contributed by atoms with Gasteiger partial charge in [0, 0.05) is 43.0 Å². The van der Waals surface area contributed by atoms with Gasteiger partial charge in [0.15, 0.2) is 5.75 Å². The van der Waals surface area contributed by atoms with Crippen molar-refractivity contribution in [2.45, 2.75) is 19.6 Å². The Morgan fingerprint density at radius 1 is 1.04 bits per heavy atom. The van der Waals surface area contributed by atoms with Gasteiger partial charge >= 0.3 is 0 Å². The molecule has 6 nitrogen and oxygen atoms in total. The highest BCUT2D eigenvalue weighted by Crippen LogP contribution is 2.43. The minimum Gasteiger partial charge on any atom is -0.403 e. The average molecular weight is 365 g/mol. The van der Waals surface area contributed by atoms with Crippen LogP contribution in [0.5, 0.6) is 5.75 Å². The zero-order chi connectivity index (χ0) is 18.5. The Kier molecular flexibility index (Phi) is 3.73. The summed E-state index contributed by atoms with van der Waals surface area (Å²) in [6.45, 7) is 3.23. The fourth-order valence-electron chi connectivity index (χ4n) is 3.84. The van der Waals surface area contributed by atoms with Crippen LogP contribution >= 0.6 is 0 Å². The van der Waals surface area contributed by atoms with Gasteiger partial charge < -0.3 is 4.84 Å². The maximum atomic E-state index is 13.5. The fourth-order valence-corrected chi connectivity index (χ4v) is 3.84. The standard InChI is InChI=1S/C20H20FN5O/c1-24-9-10-26-17(12-24)18(19(23-26)13-3-5-14(21)6-4-13)15-7-8-22-16-11-25(2)27-20(15)16/h3-8H,9-12H2,1-2H3. The highest BCUT2D eigenvalue weighted by atomic mass is 19.1. The van der Waals surface area contributed by atoms with Crippen molar-refractivity contribution in [3.05, 3.63) is 53.7 Å². The predicted molar refractivity (Wildman–Crippen MR) is 99.3 cm³/mol. The Bertz CT molecular complexity index is 1010. The van der Waals surface area contributed by atoms with E-state index in [0.717, 1.165) is 59.2 Å². The topological polar surface area (TPSA) is 46.4 Å². The van der Waals surface area contributed by atoms with E-state index in [1.807, 2.05) is 19.3 Å². The molecule has 0 unspecified atom stereocenters. The first-order chi connectivity index (χ1) is 13.1. The summed E-state index contributed by atoms with van der Waals surface area (Å²) in [5.74, 6) is 0.533. The molecule has 0 bridgehead atoms. The van der Waals surface area contributed by atoms with Crippen LogP contribution in [0.2, 0.25) is 0 Å². The van der Waals surface area contributed by atoms with Gasteiger partial charge in [-0.25, -0.2) is 4.39 Å². The first-order valence-corrected chi connectivity index (χ1v) is 9.01. The van der Waals surface area contributed by atoms with Crippen molar-refractivity contribution >= 4 is 0 Å². The molecular formula is C20H20FN5O. The van der Waals surface area contributed by atoms with Gasteiger partial charge in [0.2, 0.25) is 0 Å². The summed E-state index contributed by atoms with van der Waals surface area (Å²) < 4.78 is 15.5. The molecule has 2 aliphatic rings. The molecule has 0 atom stereocenters. The fraction of sp³-hybridized carbons (Fsp3) is 0.300. The predicted octanol–water partition coefficient (Wildman–Crippen LogP) is 2.94. The number of nitrogens with zero attached hydrogens (tertiary/aromatic N) is 5. The summed E-state index contributed by atoms with van der Waals surface area (Å²) in [5, 5.41) is 6.66. The molecule has 138 valence electrons. The summed E-state index contributed by atoms with van der Waals surface area (Å²) in [7, 11) is 4.01. The van der Waals surface area contributed by atoms with Gasteiger partial charge in [-0.2, -0.15) is 5.10 Å². The number of hydrogen-bond donors (Lipinski definition) is 0. The molecule has 4 heterocycles. The molecule has 0 amide bonds. The van der Waals surface area contributed by atoms with E-state index in [1.54, 1.807) is 17.2 Å². The second kappa shape index (κ2) is 6.14. The van der Waals surface area contributed by atoms with Crippen LogP contribution < -0.4 is 4.84 Å². The van der Waals surface area contributed by atoms with Crippen LogP contribution in [0.15, 0.2) is 36.5 Å². The van der Waals surface area contributed by atoms with E-state index in [1.165, 1.54) is 12.1 Å². The van der Waals surface area contributed by atoms with Crippen LogP contribution in [0.1, 0.15) is 11.4 Å². The van der Waals surface area contributed by atoms with Crippen LogP contribution in [0.25, 0.3) is 22.4 Å². The lowest BCUT2D eigenvalue weighted by molar-refractivity contribution is -0.0133. The van der Waals surface area contributed by atoms with Crippen LogP contribution in [0, 0.1) is 5.82 Å². The maximum Gasteiger partial charge on any atom is 0.178 e. The Morgan fingerprint density at radius 2 is 1.85 bits per heavy atom. The molecule has 0 saturated carbocycles. The minimum atomic E-state index is -0.251. The molecule has 0 aliphatic carbocycles. The Labute approximate surface area is 156 Å². The molecule has 0 saturated heterocycles. The van der Waals surface area contributed by atoms with Crippen molar-refractivity contribution in [2.75, 3.05) is 20.6 Å². The third kappa shape index (κ3) is 2.70. The van der Waals surface area contributed by atoms with Crippen LogP contribution in [0.3, 0.4) is 0 Å². The first-order valence-electron chi connectivity index (χ1n) is 9.01.